The summed E-state index contributed by atoms with van der Waals surface area (Å²) in [5, 5.41) is 0. The summed E-state index contributed by atoms with van der Waals surface area (Å²) in [5.74, 6) is 0.247. The number of nitrogens with zero attached hydrogens (tertiary/aromatic N) is 2. The summed E-state index contributed by atoms with van der Waals surface area (Å²) in [4.78, 5) is 16.9. The molecule has 1 fully saturated rings. The summed E-state index contributed by atoms with van der Waals surface area (Å²) in [7, 11) is 0. The van der Waals surface area contributed by atoms with Crippen molar-refractivity contribution < 1.29 is 4.79 Å². The van der Waals surface area contributed by atoms with Crippen molar-refractivity contribution in [3.63, 3.8) is 0 Å². The molecule has 0 aliphatic carbocycles. The molecule has 3 nitrogen and oxygen atoms in total. The maximum atomic E-state index is 10.6. The van der Waals surface area contributed by atoms with Crippen molar-refractivity contribution in [2.24, 2.45) is 5.92 Å². The van der Waals surface area contributed by atoms with Crippen molar-refractivity contribution >= 4 is 6.29 Å². The zero-order valence-electron chi connectivity index (χ0n) is 8.10. The largest absolute Gasteiger partial charge is 0.303 e. The van der Waals surface area contributed by atoms with Gasteiger partial charge >= 0.3 is 0 Å². The fourth-order valence-electron chi connectivity index (χ4n) is 1.86. The second kappa shape index (κ2) is 4.33. The standard InChI is InChI=1S/C11H14N2O/c14-9-11-3-6-13(8-11)7-10-1-4-12-5-2-10/h1-2,4-5,9,11H,3,6-8H2. The summed E-state index contributed by atoms with van der Waals surface area (Å²) in [6.07, 6.45) is 5.70. The normalized spacial score (nSPS) is 22.4. The maximum Gasteiger partial charge on any atom is 0.124 e. The van der Waals surface area contributed by atoms with Crippen LogP contribution in [0.15, 0.2) is 24.5 Å². The van der Waals surface area contributed by atoms with E-state index in [1.165, 1.54) is 5.56 Å². The third-order valence-corrected chi connectivity index (χ3v) is 2.66. The second-order valence-electron chi connectivity index (χ2n) is 3.78. The van der Waals surface area contributed by atoms with E-state index in [2.05, 4.69) is 9.88 Å². The Kier molecular flexibility index (Phi) is 2.89. The van der Waals surface area contributed by atoms with Crippen LogP contribution in [0.4, 0.5) is 0 Å². The van der Waals surface area contributed by atoms with E-state index in [0.717, 1.165) is 32.3 Å². The predicted octanol–water partition coefficient (Wildman–Crippen LogP) is 1.10. The van der Waals surface area contributed by atoms with Crippen molar-refractivity contribution in [3.8, 4) is 0 Å². The van der Waals surface area contributed by atoms with Gasteiger partial charge in [0.25, 0.3) is 0 Å². The number of hydrogen-bond acceptors (Lipinski definition) is 3. The molecule has 0 amide bonds. The molecule has 1 saturated heterocycles. The molecule has 1 aliphatic rings. The van der Waals surface area contributed by atoms with Crippen molar-refractivity contribution in [2.75, 3.05) is 13.1 Å². The molecule has 1 aromatic rings. The predicted molar refractivity (Wildman–Crippen MR) is 53.7 cm³/mol. The summed E-state index contributed by atoms with van der Waals surface area (Å²) in [6.45, 7) is 2.88. The third-order valence-electron chi connectivity index (χ3n) is 2.66. The summed E-state index contributed by atoms with van der Waals surface area (Å²) in [6, 6.07) is 4.04. The Morgan fingerprint density at radius 3 is 2.93 bits per heavy atom. The van der Waals surface area contributed by atoms with E-state index in [1.54, 1.807) is 0 Å². The lowest BCUT2D eigenvalue weighted by atomic mass is 10.1. The lowest BCUT2D eigenvalue weighted by Gasteiger charge is -2.14. The number of aldehydes is 1. The number of carbonyl (C=O) groups excluding carboxylic acids is 1. The smallest absolute Gasteiger partial charge is 0.124 e. The number of pyridine rings is 1. The summed E-state index contributed by atoms with van der Waals surface area (Å²) < 4.78 is 0. The zero-order valence-corrected chi connectivity index (χ0v) is 8.10. The SMILES string of the molecule is O=CC1CCN(Cc2ccncc2)C1. The van der Waals surface area contributed by atoms with Crippen molar-refractivity contribution in [1.82, 2.24) is 9.88 Å². The average molecular weight is 190 g/mol. The lowest BCUT2D eigenvalue weighted by Crippen LogP contribution is -2.20. The molecule has 0 aromatic carbocycles. The molecule has 2 heterocycles. The molecular formula is C11H14N2O. The van der Waals surface area contributed by atoms with Crippen LogP contribution in [0, 0.1) is 5.92 Å². The number of carbonyl (C=O) groups is 1. The molecule has 0 N–H and O–H groups in total. The first-order valence-electron chi connectivity index (χ1n) is 4.95. The molecule has 3 heteroatoms. The van der Waals surface area contributed by atoms with Crippen LogP contribution in [-0.2, 0) is 11.3 Å². The molecule has 2 rings (SSSR count). The van der Waals surface area contributed by atoms with Gasteiger partial charge in [-0.2, -0.15) is 0 Å². The minimum atomic E-state index is 0.247. The van der Waals surface area contributed by atoms with E-state index >= 15 is 0 Å². The minimum absolute atomic E-state index is 0.247. The van der Waals surface area contributed by atoms with Gasteiger partial charge in [0.1, 0.15) is 6.29 Å². The van der Waals surface area contributed by atoms with Crippen molar-refractivity contribution in [1.29, 1.82) is 0 Å². The fourth-order valence-corrected chi connectivity index (χ4v) is 1.86. The third kappa shape index (κ3) is 2.17. The van der Waals surface area contributed by atoms with Gasteiger partial charge in [-0.1, -0.05) is 0 Å². The van der Waals surface area contributed by atoms with Crippen LogP contribution in [0.3, 0.4) is 0 Å². The van der Waals surface area contributed by atoms with Crippen molar-refractivity contribution in [3.05, 3.63) is 30.1 Å². The van der Waals surface area contributed by atoms with E-state index in [-0.39, 0.29) is 5.92 Å². The van der Waals surface area contributed by atoms with Crippen LogP contribution in [0.1, 0.15) is 12.0 Å². The van der Waals surface area contributed by atoms with Crippen LogP contribution < -0.4 is 0 Å². The molecule has 0 spiro atoms. The zero-order chi connectivity index (χ0) is 9.80. The van der Waals surface area contributed by atoms with Crippen LogP contribution in [0.5, 0.6) is 0 Å². The Morgan fingerprint density at radius 1 is 1.50 bits per heavy atom. The number of hydrogen-bond donors (Lipinski definition) is 0. The highest BCUT2D eigenvalue weighted by Crippen LogP contribution is 2.16. The molecule has 14 heavy (non-hydrogen) atoms. The summed E-state index contributed by atoms with van der Waals surface area (Å²) in [5.41, 5.74) is 1.27. The molecule has 74 valence electrons. The van der Waals surface area contributed by atoms with Gasteiger partial charge in [0.05, 0.1) is 0 Å². The van der Waals surface area contributed by atoms with Gasteiger partial charge in [0.15, 0.2) is 0 Å². The monoisotopic (exact) mass is 190 g/mol. The number of aromatic nitrogens is 1. The van der Waals surface area contributed by atoms with E-state index < -0.39 is 0 Å². The van der Waals surface area contributed by atoms with Crippen molar-refractivity contribution in [2.45, 2.75) is 13.0 Å². The van der Waals surface area contributed by atoms with Crippen LogP contribution in [0.25, 0.3) is 0 Å². The van der Waals surface area contributed by atoms with Gasteiger partial charge in [-0.15, -0.1) is 0 Å². The Balaban J connectivity index is 1.90. The highest BCUT2D eigenvalue weighted by Gasteiger charge is 2.21. The maximum absolute atomic E-state index is 10.6. The Labute approximate surface area is 83.8 Å². The van der Waals surface area contributed by atoms with E-state index in [9.17, 15) is 4.79 Å². The molecule has 1 aromatic heterocycles. The van der Waals surface area contributed by atoms with Crippen LogP contribution >= 0.6 is 0 Å². The Hall–Kier alpha value is -1.22. The van der Waals surface area contributed by atoms with Gasteiger partial charge in [0.2, 0.25) is 0 Å². The topological polar surface area (TPSA) is 33.2 Å². The molecule has 1 unspecified atom stereocenters. The number of rotatable bonds is 3. The number of likely N-dealkylation sites (tertiary alicyclic amines) is 1. The first-order chi connectivity index (χ1) is 6.88. The molecule has 1 aliphatic heterocycles. The van der Waals surface area contributed by atoms with Crippen LogP contribution in [-0.4, -0.2) is 29.3 Å². The van der Waals surface area contributed by atoms with Gasteiger partial charge in [-0.3, -0.25) is 9.88 Å². The summed E-state index contributed by atoms with van der Waals surface area (Å²) >= 11 is 0. The Bertz CT molecular complexity index is 299. The quantitative estimate of drug-likeness (QED) is 0.669. The van der Waals surface area contributed by atoms with E-state index in [0.29, 0.717) is 0 Å². The molecular weight excluding hydrogens is 176 g/mol. The first-order valence-corrected chi connectivity index (χ1v) is 4.95. The molecule has 0 saturated carbocycles. The highest BCUT2D eigenvalue weighted by atomic mass is 16.1. The van der Waals surface area contributed by atoms with Gasteiger partial charge < -0.3 is 4.79 Å². The molecule has 1 atom stereocenters. The average Bonchev–Trinajstić information content (AvgIpc) is 2.67. The van der Waals surface area contributed by atoms with E-state index in [4.69, 9.17) is 0 Å². The van der Waals surface area contributed by atoms with Gasteiger partial charge in [0, 0.05) is 31.4 Å². The van der Waals surface area contributed by atoms with Gasteiger partial charge in [-0.05, 0) is 30.7 Å². The second-order valence-corrected chi connectivity index (χ2v) is 3.78. The fraction of sp³-hybridized carbons (Fsp3) is 0.455. The first kappa shape index (κ1) is 9.34. The highest BCUT2D eigenvalue weighted by molar-refractivity contribution is 5.54. The lowest BCUT2D eigenvalue weighted by molar-refractivity contribution is -0.110. The Morgan fingerprint density at radius 2 is 2.29 bits per heavy atom. The van der Waals surface area contributed by atoms with Gasteiger partial charge in [-0.25, -0.2) is 0 Å². The minimum Gasteiger partial charge on any atom is -0.303 e. The molecule has 0 radical (unpaired) electrons. The molecule has 0 bridgehead atoms. The van der Waals surface area contributed by atoms with E-state index in [1.807, 2.05) is 24.5 Å². The van der Waals surface area contributed by atoms with Crippen LogP contribution in [0.2, 0.25) is 0 Å².